The van der Waals surface area contributed by atoms with Gasteiger partial charge in [0.05, 0.1) is 22.2 Å². The molecule has 4 atom stereocenters. The van der Waals surface area contributed by atoms with Crippen LogP contribution in [0.25, 0.3) is 0 Å². The van der Waals surface area contributed by atoms with Gasteiger partial charge >= 0.3 is 5.97 Å². The van der Waals surface area contributed by atoms with Gasteiger partial charge in [0.1, 0.15) is 4.21 Å². The number of carbonyl (C=O) groups is 2. The van der Waals surface area contributed by atoms with Crippen LogP contribution in [-0.4, -0.2) is 42.9 Å². The maximum absolute atomic E-state index is 14.7. The Balaban J connectivity index is 1.64. The summed E-state index contributed by atoms with van der Waals surface area (Å²) in [7, 11) is -3.89. The van der Waals surface area contributed by atoms with E-state index in [0.717, 1.165) is 35.3 Å². The number of nitrogens with one attached hydrogen (secondary N) is 1. The van der Waals surface area contributed by atoms with E-state index in [1.807, 2.05) is 37.3 Å². The van der Waals surface area contributed by atoms with E-state index in [4.69, 9.17) is 34.8 Å². The van der Waals surface area contributed by atoms with Crippen molar-refractivity contribution >= 4 is 68.0 Å². The molecule has 2 aromatic carbocycles. The van der Waals surface area contributed by atoms with Gasteiger partial charge < -0.3 is 10.0 Å². The van der Waals surface area contributed by atoms with Crippen LogP contribution in [0, 0.1) is 11.3 Å². The minimum Gasteiger partial charge on any atom is -0.481 e. The molecule has 5 rings (SSSR count). The van der Waals surface area contributed by atoms with E-state index in [0.29, 0.717) is 27.2 Å². The van der Waals surface area contributed by atoms with Crippen LogP contribution >= 0.6 is 46.1 Å². The molecule has 0 spiro atoms. The van der Waals surface area contributed by atoms with Gasteiger partial charge in [0, 0.05) is 28.5 Å². The number of sulfonamides is 1. The van der Waals surface area contributed by atoms with E-state index in [1.54, 1.807) is 23.1 Å². The molecule has 1 saturated carbocycles. The molecule has 2 N–H and O–H groups in total. The van der Waals surface area contributed by atoms with Crippen molar-refractivity contribution in [2.75, 3.05) is 6.54 Å². The molecule has 12 heteroatoms. The number of rotatable bonds is 11. The highest BCUT2D eigenvalue weighted by Gasteiger charge is 2.55. The van der Waals surface area contributed by atoms with Crippen molar-refractivity contribution in [3.63, 3.8) is 0 Å². The average molecular weight is 670 g/mol. The van der Waals surface area contributed by atoms with Crippen molar-refractivity contribution in [2.24, 2.45) is 11.3 Å². The van der Waals surface area contributed by atoms with Crippen LogP contribution in [0.3, 0.4) is 0 Å². The van der Waals surface area contributed by atoms with Gasteiger partial charge in [-0.1, -0.05) is 66.0 Å². The lowest BCUT2D eigenvalue weighted by atomic mass is 9.64. The summed E-state index contributed by atoms with van der Waals surface area (Å²) in [6, 6.07) is 16.7. The van der Waals surface area contributed by atoms with Gasteiger partial charge in [-0.2, -0.15) is 0 Å². The van der Waals surface area contributed by atoms with Gasteiger partial charge in [0.2, 0.25) is 15.9 Å². The number of hydrogen-bond acceptors (Lipinski definition) is 5. The molecule has 2 heterocycles. The number of carboxylic acids is 1. The third kappa shape index (κ3) is 6.51. The summed E-state index contributed by atoms with van der Waals surface area (Å²) in [6.45, 7) is 1.82. The highest BCUT2D eigenvalue weighted by molar-refractivity contribution is 7.91. The Hall–Kier alpha value is -2.14. The van der Waals surface area contributed by atoms with E-state index in [-0.39, 0.29) is 34.9 Å². The topological polar surface area (TPSA) is 104 Å². The molecule has 1 aliphatic carbocycles. The van der Waals surface area contributed by atoms with E-state index in [1.165, 1.54) is 12.1 Å². The Labute approximate surface area is 264 Å². The first-order valence-corrected chi connectivity index (χ1v) is 17.2. The van der Waals surface area contributed by atoms with Gasteiger partial charge in [-0.25, -0.2) is 13.1 Å². The van der Waals surface area contributed by atoms with Crippen molar-refractivity contribution in [3.8, 4) is 0 Å². The predicted octanol–water partition coefficient (Wildman–Crippen LogP) is 7.39. The molecule has 2 fully saturated rings. The lowest BCUT2D eigenvalue weighted by molar-refractivity contribution is -0.162. The first-order valence-electron chi connectivity index (χ1n) is 13.7. The number of thiophene rings is 1. The molecule has 3 aromatic rings. The molecule has 1 aliphatic heterocycles. The SMILES string of the molecule is CCC1(CC(=O)O)CC(c2cccc(Cl)c2)C(c2ccc(Cl)cc2)N([C@H](CNS(=O)(=O)c2ccc(Cl)s2)C2CC2)C1=O. The van der Waals surface area contributed by atoms with Gasteiger partial charge in [-0.3, -0.25) is 9.59 Å². The van der Waals surface area contributed by atoms with Gasteiger partial charge in [-0.05, 0) is 79.1 Å². The molecular formula is C30H31Cl3N2O5S2. The molecule has 0 bridgehead atoms. The molecular weight excluding hydrogens is 639 g/mol. The third-order valence-electron chi connectivity index (χ3n) is 8.45. The Morgan fingerprint density at radius 2 is 1.79 bits per heavy atom. The molecule has 1 amide bonds. The predicted molar refractivity (Wildman–Crippen MR) is 166 cm³/mol. The molecule has 1 saturated heterocycles. The summed E-state index contributed by atoms with van der Waals surface area (Å²) >= 11 is 19.7. The summed E-state index contributed by atoms with van der Waals surface area (Å²) < 4.78 is 29.6. The van der Waals surface area contributed by atoms with Crippen LogP contribution in [0.15, 0.2) is 64.9 Å². The summed E-state index contributed by atoms with van der Waals surface area (Å²) in [6.07, 6.45) is 1.94. The van der Waals surface area contributed by atoms with E-state index >= 15 is 0 Å². The standard InChI is InChI=1S/C30H31Cl3N2O5S2/c1-2-30(16-26(36)37)15-23(20-4-3-5-22(32)14-20)28(19-8-10-21(31)11-9-19)35(29(30)38)24(18-6-7-18)17-34-42(39,40)27-13-12-25(33)41-27/h3-5,8-14,18,23-24,28,34H,2,6-7,15-17H2,1H3,(H,36,37)/t23?,24-,28?,30?/m1/s1. The number of aliphatic carboxylic acids is 1. The smallest absolute Gasteiger partial charge is 0.304 e. The van der Waals surface area contributed by atoms with E-state index < -0.39 is 33.5 Å². The van der Waals surface area contributed by atoms with E-state index in [2.05, 4.69) is 4.72 Å². The fraction of sp³-hybridized carbons (Fsp3) is 0.400. The van der Waals surface area contributed by atoms with Crippen LogP contribution in [0.5, 0.6) is 0 Å². The van der Waals surface area contributed by atoms with Gasteiger partial charge in [-0.15, -0.1) is 11.3 Å². The van der Waals surface area contributed by atoms with Crippen LogP contribution in [0.2, 0.25) is 14.4 Å². The molecule has 0 radical (unpaired) electrons. The zero-order valence-electron chi connectivity index (χ0n) is 22.8. The Kier molecular flexibility index (Phi) is 9.28. The van der Waals surface area contributed by atoms with Crippen molar-refractivity contribution < 1.29 is 23.1 Å². The largest absolute Gasteiger partial charge is 0.481 e. The number of benzene rings is 2. The number of nitrogens with zero attached hydrogens (tertiary/aromatic N) is 1. The number of amides is 1. The zero-order valence-corrected chi connectivity index (χ0v) is 26.7. The molecule has 3 unspecified atom stereocenters. The summed E-state index contributed by atoms with van der Waals surface area (Å²) in [5.74, 6) is -1.59. The molecule has 1 aromatic heterocycles. The van der Waals surface area contributed by atoms with Crippen molar-refractivity contribution in [3.05, 3.63) is 86.2 Å². The summed E-state index contributed by atoms with van der Waals surface area (Å²) in [4.78, 5) is 28.7. The number of carbonyl (C=O) groups excluding carboxylic acids is 1. The highest BCUT2D eigenvalue weighted by Crippen LogP contribution is 2.55. The van der Waals surface area contributed by atoms with Crippen molar-refractivity contribution in [2.45, 2.75) is 61.2 Å². The molecule has 42 heavy (non-hydrogen) atoms. The zero-order chi connectivity index (χ0) is 30.2. The second-order valence-corrected chi connectivity index (χ2v) is 15.7. The fourth-order valence-corrected chi connectivity index (χ4v) is 9.10. The van der Waals surface area contributed by atoms with Gasteiger partial charge in [0.25, 0.3) is 0 Å². The number of piperidine rings is 1. The van der Waals surface area contributed by atoms with Gasteiger partial charge in [0.15, 0.2) is 0 Å². The number of carboxylic acid groups (broad SMARTS) is 1. The fourth-order valence-electron chi connectivity index (χ4n) is 6.20. The van der Waals surface area contributed by atoms with Crippen LogP contribution < -0.4 is 4.72 Å². The second kappa shape index (κ2) is 12.5. The highest BCUT2D eigenvalue weighted by atomic mass is 35.5. The van der Waals surface area contributed by atoms with Crippen LogP contribution in [0.4, 0.5) is 0 Å². The number of likely N-dealkylation sites (tertiary alicyclic amines) is 1. The number of halogens is 3. The maximum atomic E-state index is 14.7. The third-order valence-corrected chi connectivity index (χ3v) is 12.1. The lowest BCUT2D eigenvalue weighted by Gasteiger charge is -2.53. The lowest BCUT2D eigenvalue weighted by Crippen LogP contribution is -2.59. The monoisotopic (exact) mass is 668 g/mol. The second-order valence-electron chi connectivity index (χ2n) is 11.1. The normalized spacial score (nSPS) is 23.6. The Morgan fingerprint density at radius 1 is 1.07 bits per heavy atom. The van der Waals surface area contributed by atoms with Crippen LogP contribution in [-0.2, 0) is 19.6 Å². The quantitative estimate of drug-likeness (QED) is 0.222. The maximum Gasteiger partial charge on any atom is 0.304 e. The number of hydrogen-bond donors (Lipinski definition) is 2. The van der Waals surface area contributed by atoms with E-state index in [9.17, 15) is 23.1 Å². The summed E-state index contributed by atoms with van der Waals surface area (Å²) in [5.41, 5.74) is 0.525. The van der Waals surface area contributed by atoms with Crippen molar-refractivity contribution in [1.29, 1.82) is 0 Å². The minimum absolute atomic E-state index is 0.0204. The first-order chi connectivity index (χ1) is 19.9. The molecule has 7 nitrogen and oxygen atoms in total. The van der Waals surface area contributed by atoms with Crippen LogP contribution in [0.1, 0.15) is 62.1 Å². The first kappa shape index (κ1) is 31.3. The minimum atomic E-state index is -3.89. The Morgan fingerprint density at radius 3 is 2.36 bits per heavy atom. The Bertz CT molecular complexity index is 1580. The van der Waals surface area contributed by atoms with Crippen molar-refractivity contribution in [1.82, 2.24) is 9.62 Å². The molecule has 224 valence electrons. The molecule has 2 aliphatic rings. The summed E-state index contributed by atoms with van der Waals surface area (Å²) in [5, 5.41) is 11.0. The average Bonchev–Trinajstić information content (AvgIpc) is 3.69.